The number of hydrogen-bond donors (Lipinski definition) is 1. The van der Waals surface area contributed by atoms with E-state index in [1.807, 2.05) is 19.1 Å². The zero-order valence-electron chi connectivity index (χ0n) is 18.3. The average molecular weight is 461 g/mol. The van der Waals surface area contributed by atoms with E-state index in [1.165, 1.54) is 6.07 Å². The number of nitrogens with zero attached hydrogens (tertiary/aromatic N) is 3. The molecule has 1 N–H and O–H groups in total. The van der Waals surface area contributed by atoms with Crippen molar-refractivity contribution in [3.05, 3.63) is 56.1 Å². The van der Waals surface area contributed by atoms with Gasteiger partial charge in [0.15, 0.2) is 0 Å². The average Bonchev–Trinajstić information content (AvgIpc) is 3.11. The van der Waals surface area contributed by atoms with Crippen LogP contribution >= 0.6 is 11.6 Å². The standard InChI is InChI=1S/C23H29ClN4O4/c1-2-31-13-3-8-27-20(29)16-19-21(22(27)17-4-6-18(24)7-5-17)23(30)28(25-19)10-9-26-11-14-32-15-12-26/h4-7,16,25H,2-3,8-15H2,1H3. The lowest BCUT2D eigenvalue weighted by molar-refractivity contribution is 0.0359. The van der Waals surface area contributed by atoms with Gasteiger partial charge in [-0.15, -0.1) is 0 Å². The number of nitrogens with one attached hydrogen (secondary N) is 1. The highest BCUT2D eigenvalue weighted by Crippen LogP contribution is 2.26. The lowest BCUT2D eigenvalue weighted by Crippen LogP contribution is -2.39. The molecule has 1 saturated heterocycles. The van der Waals surface area contributed by atoms with Crippen molar-refractivity contribution < 1.29 is 9.47 Å². The first kappa shape index (κ1) is 22.8. The van der Waals surface area contributed by atoms with E-state index < -0.39 is 0 Å². The van der Waals surface area contributed by atoms with Crippen LogP contribution in [0.15, 0.2) is 39.9 Å². The Morgan fingerprint density at radius 2 is 1.84 bits per heavy atom. The van der Waals surface area contributed by atoms with Crippen molar-refractivity contribution in [2.45, 2.75) is 26.4 Å². The third kappa shape index (κ3) is 4.99. The Balaban J connectivity index is 1.75. The Hall–Kier alpha value is -2.39. The zero-order valence-corrected chi connectivity index (χ0v) is 19.1. The molecule has 0 bridgehead atoms. The number of aromatic amines is 1. The van der Waals surface area contributed by atoms with E-state index in [2.05, 4.69) is 10.00 Å². The fourth-order valence-electron chi connectivity index (χ4n) is 4.10. The van der Waals surface area contributed by atoms with E-state index in [9.17, 15) is 9.59 Å². The maximum atomic E-state index is 13.4. The summed E-state index contributed by atoms with van der Waals surface area (Å²) in [5.41, 5.74) is 1.67. The zero-order chi connectivity index (χ0) is 22.5. The van der Waals surface area contributed by atoms with Gasteiger partial charge in [-0.2, -0.15) is 0 Å². The van der Waals surface area contributed by atoms with Gasteiger partial charge in [-0.25, -0.2) is 0 Å². The molecule has 0 aliphatic carbocycles. The maximum Gasteiger partial charge on any atom is 0.276 e. The Bertz CT molecular complexity index is 1160. The first-order valence-electron chi connectivity index (χ1n) is 11.1. The highest BCUT2D eigenvalue weighted by molar-refractivity contribution is 6.30. The van der Waals surface area contributed by atoms with Crippen molar-refractivity contribution in [1.82, 2.24) is 19.2 Å². The Morgan fingerprint density at radius 1 is 1.09 bits per heavy atom. The number of halogens is 1. The van der Waals surface area contributed by atoms with Crippen LogP contribution in [0.2, 0.25) is 5.02 Å². The van der Waals surface area contributed by atoms with Crippen LogP contribution in [-0.2, 0) is 22.6 Å². The second-order valence-corrected chi connectivity index (χ2v) is 8.29. The van der Waals surface area contributed by atoms with Gasteiger partial charge in [-0.1, -0.05) is 23.7 Å². The smallest absolute Gasteiger partial charge is 0.276 e. The third-order valence-electron chi connectivity index (χ3n) is 5.76. The van der Waals surface area contributed by atoms with Crippen molar-refractivity contribution >= 4 is 22.5 Å². The van der Waals surface area contributed by atoms with Crippen LogP contribution in [0.3, 0.4) is 0 Å². The van der Waals surface area contributed by atoms with Crippen LogP contribution in [0, 0.1) is 0 Å². The second-order valence-electron chi connectivity index (χ2n) is 7.85. The number of fused-ring (bicyclic) bond motifs is 1. The summed E-state index contributed by atoms with van der Waals surface area (Å²) in [4.78, 5) is 28.7. The molecular formula is C23H29ClN4O4. The van der Waals surface area contributed by atoms with Crippen LogP contribution in [0.5, 0.6) is 0 Å². The van der Waals surface area contributed by atoms with Crippen molar-refractivity contribution in [2.24, 2.45) is 0 Å². The first-order chi connectivity index (χ1) is 15.6. The van der Waals surface area contributed by atoms with Gasteiger partial charge in [0, 0.05) is 50.5 Å². The van der Waals surface area contributed by atoms with Crippen molar-refractivity contribution in [3.8, 4) is 11.3 Å². The van der Waals surface area contributed by atoms with Crippen LogP contribution in [0.25, 0.3) is 22.2 Å². The minimum Gasteiger partial charge on any atom is -0.382 e. The molecule has 8 nitrogen and oxygen atoms in total. The van der Waals surface area contributed by atoms with Crippen molar-refractivity contribution in [1.29, 1.82) is 0 Å². The number of H-pyrrole nitrogens is 1. The summed E-state index contributed by atoms with van der Waals surface area (Å²) < 4.78 is 14.1. The van der Waals surface area contributed by atoms with Gasteiger partial charge in [0.05, 0.1) is 36.4 Å². The van der Waals surface area contributed by atoms with Gasteiger partial charge in [0.25, 0.3) is 11.1 Å². The van der Waals surface area contributed by atoms with Gasteiger partial charge in [0.1, 0.15) is 0 Å². The van der Waals surface area contributed by atoms with Crippen molar-refractivity contribution in [2.75, 3.05) is 46.1 Å². The molecule has 1 aliphatic rings. The molecule has 4 rings (SSSR count). The summed E-state index contributed by atoms with van der Waals surface area (Å²) in [5.74, 6) is 0. The van der Waals surface area contributed by atoms with Gasteiger partial charge >= 0.3 is 0 Å². The minimum absolute atomic E-state index is 0.128. The molecule has 0 saturated carbocycles. The number of morpholine rings is 1. The molecule has 0 atom stereocenters. The summed E-state index contributed by atoms with van der Waals surface area (Å²) in [5, 5.41) is 4.27. The molecule has 1 aliphatic heterocycles. The molecule has 3 heterocycles. The predicted molar refractivity (Wildman–Crippen MR) is 126 cm³/mol. The summed E-state index contributed by atoms with van der Waals surface area (Å²) in [7, 11) is 0. The summed E-state index contributed by atoms with van der Waals surface area (Å²) >= 11 is 6.09. The lowest BCUT2D eigenvalue weighted by Gasteiger charge is -2.26. The van der Waals surface area contributed by atoms with E-state index in [1.54, 1.807) is 21.4 Å². The molecule has 0 amide bonds. The number of pyridine rings is 1. The van der Waals surface area contributed by atoms with Gasteiger partial charge < -0.3 is 14.0 Å². The molecule has 1 aromatic carbocycles. The molecule has 9 heteroatoms. The second kappa shape index (κ2) is 10.5. The fourth-order valence-corrected chi connectivity index (χ4v) is 4.23. The van der Waals surface area contributed by atoms with Gasteiger partial charge in [0.2, 0.25) is 0 Å². The minimum atomic E-state index is -0.152. The molecule has 0 spiro atoms. The number of benzene rings is 1. The molecule has 0 unspecified atom stereocenters. The SMILES string of the molecule is CCOCCCn1c(-c2ccc(Cl)cc2)c2c(=O)n(CCN3CCOCC3)[nH]c2cc1=O. The highest BCUT2D eigenvalue weighted by Gasteiger charge is 2.19. The third-order valence-corrected chi connectivity index (χ3v) is 6.01. The van der Waals surface area contributed by atoms with E-state index >= 15 is 0 Å². The highest BCUT2D eigenvalue weighted by atomic mass is 35.5. The molecule has 0 radical (unpaired) electrons. The first-order valence-corrected chi connectivity index (χ1v) is 11.5. The van der Waals surface area contributed by atoms with Crippen LogP contribution in [0.1, 0.15) is 13.3 Å². The van der Waals surface area contributed by atoms with Crippen LogP contribution < -0.4 is 11.1 Å². The quantitative estimate of drug-likeness (QED) is 0.496. The van der Waals surface area contributed by atoms with E-state index in [4.69, 9.17) is 21.1 Å². The molecule has 1 fully saturated rings. The lowest BCUT2D eigenvalue weighted by atomic mass is 10.1. The summed E-state index contributed by atoms with van der Waals surface area (Å²) in [6, 6.07) is 8.75. The Kier molecular flexibility index (Phi) is 7.47. The topological polar surface area (TPSA) is 81.5 Å². The Labute approximate surface area is 191 Å². The number of ether oxygens (including phenoxy) is 2. The van der Waals surface area contributed by atoms with E-state index in [0.29, 0.717) is 67.6 Å². The van der Waals surface area contributed by atoms with Crippen LogP contribution in [-0.4, -0.2) is 65.3 Å². The van der Waals surface area contributed by atoms with Gasteiger partial charge in [-0.05, 0) is 31.0 Å². The molecule has 32 heavy (non-hydrogen) atoms. The summed E-state index contributed by atoms with van der Waals surface area (Å²) in [6.45, 7) is 7.98. The predicted octanol–water partition coefficient (Wildman–Crippen LogP) is 2.57. The molecule has 172 valence electrons. The van der Waals surface area contributed by atoms with Gasteiger partial charge in [-0.3, -0.25) is 24.3 Å². The van der Waals surface area contributed by atoms with E-state index in [0.717, 1.165) is 25.2 Å². The molecule has 3 aromatic rings. The fraction of sp³-hybridized carbons (Fsp3) is 0.478. The van der Waals surface area contributed by atoms with Crippen molar-refractivity contribution in [3.63, 3.8) is 0 Å². The molecule has 2 aromatic heterocycles. The monoisotopic (exact) mass is 460 g/mol. The van der Waals surface area contributed by atoms with E-state index in [-0.39, 0.29) is 11.1 Å². The normalized spacial score (nSPS) is 14.9. The van der Waals surface area contributed by atoms with Crippen LogP contribution in [0.4, 0.5) is 0 Å². The number of aromatic nitrogens is 3. The Morgan fingerprint density at radius 3 is 2.56 bits per heavy atom. The molecular weight excluding hydrogens is 432 g/mol. The number of rotatable bonds is 9. The largest absolute Gasteiger partial charge is 0.382 e. The summed E-state index contributed by atoms with van der Waals surface area (Å²) in [6.07, 6.45) is 0.676. The maximum absolute atomic E-state index is 13.4. The number of hydrogen-bond acceptors (Lipinski definition) is 5.